The molecule has 2 N–H and O–H groups in total. The summed E-state index contributed by atoms with van der Waals surface area (Å²) in [6.07, 6.45) is 0.611. The third-order valence-corrected chi connectivity index (χ3v) is 3.26. The summed E-state index contributed by atoms with van der Waals surface area (Å²) < 4.78 is 4.81. The number of rotatable bonds is 4. The molecular formula is C19H15N3O2. The SMILES string of the molecule is NC(=O)Oc1cc(N=C(c2ccccc2)c2ccccc2)ccn1. The van der Waals surface area contributed by atoms with Crippen molar-refractivity contribution < 1.29 is 9.53 Å². The molecule has 2 aromatic carbocycles. The lowest BCUT2D eigenvalue weighted by Gasteiger charge is -2.08. The van der Waals surface area contributed by atoms with E-state index < -0.39 is 6.09 Å². The Kier molecular flexibility index (Phi) is 4.62. The summed E-state index contributed by atoms with van der Waals surface area (Å²) in [5, 5.41) is 0. The van der Waals surface area contributed by atoms with Gasteiger partial charge in [-0.3, -0.25) is 0 Å². The van der Waals surface area contributed by atoms with E-state index in [-0.39, 0.29) is 5.88 Å². The Morgan fingerprint density at radius 2 is 1.50 bits per heavy atom. The van der Waals surface area contributed by atoms with Gasteiger partial charge in [0.1, 0.15) is 0 Å². The second kappa shape index (κ2) is 7.19. The first-order chi connectivity index (χ1) is 11.7. The van der Waals surface area contributed by atoms with E-state index in [1.165, 1.54) is 6.20 Å². The highest BCUT2D eigenvalue weighted by molar-refractivity contribution is 6.13. The second-order valence-electron chi connectivity index (χ2n) is 4.97. The molecule has 0 saturated carbocycles. The van der Waals surface area contributed by atoms with Crippen molar-refractivity contribution in [2.45, 2.75) is 0 Å². The molecular weight excluding hydrogens is 302 g/mol. The predicted octanol–water partition coefficient (Wildman–Crippen LogP) is 3.71. The summed E-state index contributed by atoms with van der Waals surface area (Å²) in [4.78, 5) is 19.5. The molecule has 0 spiro atoms. The molecule has 3 aromatic rings. The molecule has 0 aliphatic rings. The quantitative estimate of drug-likeness (QED) is 0.745. The Morgan fingerprint density at radius 1 is 0.917 bits per heavy atom. The highest BCUT2D eigenvalue weighted by Crippen LogP contribution is 2.21. The molecule has 0 atom stereocenters. The molecule has 1 aromatic heterocycles. The Morgan fingerprint density at radius 3 is 2.04 bits per heavy atom. The van der Waals surface area contributed by atoms with Crippen LogP contribution in [0, 0.1) is 0 Å². The van der Waals surface area contributed by atoms with E-state index in [2.05, 4.69) is 4.98 Å². The molecule has 1 amide bonds. The fourth-order valence-corrected chi connectivity index (χ4v) is 2.24. The van der Waals surface area contributed by atoms with E-state index in [0.29, 0.717) is 5.69 Å². The molecule has 0 radical (unpaired) electrons. The normalized spacial score (nSPS) is 10.0. The topological polar surface area (TPSA) is 77.6 Å². The molecule has 0 unspecified atom stereocenters. The second-order valence-corrected chi connectivity index (χ2v) is 4.97. The van der Waals surface area contributed by atoms with Crippen LogP contribution in [0.3, 0.4) is 0 Å². The summed E-state index contributed by atoms with van der Waals surface area (Å²) in [6, 6.07) is 23.0. The van der Waals surface area contributed by atoms with Gasteiger partial charge < -0.3 is 10.5 Å². The maximum absolute atomic E-state index is 10.9. The molecule has 5 nitrogen and oxygen atoms in total. The van der Waals surface area contributed by atoms with Crippen LogP contribution >= 0.6 is 0 Å². The highest BCUT2D eigenvalue weighted by Gasteiger charge is 2.08. The molecule has 118 valence electrons. The zero-order valence-electron chi connectivity index (χ0n) is 12.8. The molecule has 24 heavy (non-hydrogen) atoms. The Labute approximate surface area is 139 Å². The van der Waals surface area contributed by atoms with Crippen LogP contribution < -0.4 is 10.5 Å². The van der Waals surface area contributed by atoms with Crippen molar-refractivity contribution in [2.24, 2.45) is 10.7 Å². The van der Waals surface area contributed by atoms with Crippen molar-refractivity contribution in [1.29, 1.82) is 0 Å². The number of benzene rings is 2. The van der Waals surface area contributed by atoms with Gasteiger partial charge in [0.2, 0.25) is 5.88 Å². The maximum atomic E-state index is 10.9. The number of hydrogen-bond acceptors (Lipinski definition) is 4. The van der Waals surface area contributed by atoms with Crippen LogP contribution in [0.4, 0.5) is 10.5 Å². The minimum atomic E-state index is -0.907. The first-order valence-electron chi connectivity index (χ1n) is 7.35. The molecule has 0 saturated heterocycles. The number of hydrogen-bond donors (Lipinski definition) is 1. The Bertz CT molecular complexity index is 821. The van der Waals surface area contributed by atoms with Crippen LogP contribution in [-0.4, -0.2) is 16.8 Å². The van der Waals surface area contributed by atoms with Gasteiger partial charge in [-0.1, -0.05) is 60.7 Å². The third kappa shape index (κ3) is 3.84. The van der Waals surface area contributed by atoms with Crippen molar-refractivity contribution in [1.82, 2.24) is 4.98 Å². The smallest absolute Gasteiger partial charge is 0.391 e. The van der Waals surface area contributed by atoms with E-state index in [1.54, 1.807) is 12.1 Å². The Hall–Kier alpha value is -3.47. The molecule has 0 bridgehead atoms. The number of nitrogens with two attached hydrogens (primary N) is 1. The Balaban J connectivity index is 2.06. The number of aliphatic imine (C=N–C) groups is 1. The number of carbonyl (C=O) groups is 1. The van der Waals surface area contributed by atoms with Crippen LogP contribution in [0.1, 0.15) is 11.1 Å². The molecule has 0 aliphatic heterocycles. The predicted molar refractivity (Wildman–Crippen MR) is 92.6 cm³/mol. The monoisotopic (exact) mass is 317 g/mol. The summed E-state index contributed by atoms with van der Waals surface area (Å²) in [5.74, 6) is 0.115. The van der Waals surface area contributed by atoms with E-state index >= 15 is 0 Å². The zero-order valence-corrected chi connectivity index (χ0v) is 12.8. The van der Waals surface area contributed by atoms with Crippen LogP contribution in [0.5, 0.6) is 5.88 Å². The minimum Gasteiger partial charge on any atom is -0.391 e. The van der Waals surface area contributed by atoms with E-state index in [9.17, 15) is 4.79 Å². The van der Waals surface area contributed by atoms with Crippen molar-refractivity contribution in [3.05, 3.63) is 90.1 Å². The number of amides is 1. The largest absolute Gasteiger partial charge is 0.411 e. The first-order valence-corrected chi connectivity index (χ1v) is 7.35. The number of nitrogens with zero attached hydrogens (tertiary/aromatic N) is 2. The lowest BCUT2D eigenvalue weighted by molar-refractivity contribution is 0.209. The van der Waals surface area contributed by atoms with Crippen molar-refractivity contribution in [3.63, 3.8) is 0 Å². The first kappa shape index (κ1) is 15.4. The van der Waals surface area contributed by atoms with Gasteiger partial charge in [0.05, 0.1) is 11.4 Å². The van der Waals surface area contributed by atoms with Gasteiger partial charge in [-0.2, -0.15) is 0 Å². The summed E-state index contributed by atoms with van der Waals surface area (Å²) in [6.45, 7) is 0. The highest BCUT2D eigenvalue weighted by atomic mass is 16.6. The van der Waals surface area contributed by atoms with Gasteiger partial charge >= 0.3 is 6.09 Å². The van der Waals surface area contributed by atoms with Gasteiger partial charge in [-0.25, -0.2) is 14.8 Å². The fourth-order valence-electron chi connectivity index (χ4n) is 2.24. The van der Waals surface area contributed by atoms with Crippen LogP contribution in [-0.2, 0) is 0 Å². The van der Waals surface area contributed by atoms with Crippen LogP contribution in [0.15, 0.2) is 84.0 Å². The number of pyridine rings is 1. The van der Waals surface area contributed by atoms with Crippen molar-refractivity contribution >= 4 is 17.5 Å². The molecule has 1 heterocycles. The average Bonchev–Trinajstić information content (AvgIpc) is 2.61. The third-order valence-electron chi connectivity index (χ3n) is 3.26. The zero-order chi connectivity index (χ0) is 16.8. The van der Waals surface area contributed by atoms with Gasteiger partial charge in [0, 0.05) is 23.4 Å². The number of aromatic nitrogens is 1. The fraction of sp³-hybridized carbons (Fsp3) is 0. The molecule has 0 aliphatic carbocycles. The van der Waals surface area contributed by atoms with E-state index in [1.807, 2.05) is 60.7 Å². The van der Waals surface area contributed by atoms with Gasteiger partial charge in [0.25, 0.3) is 0 Å². The number of ether oxygens (including phenoxy) is 1. The van der Waals surface area contributed by atoms with E-state index in [0.717, 1.165) is 16.8 Å². The minimum absolute atomic E-state index is 0.115. The molecule has 3 rings (SSSR count). The number of carbonyl (C=O) groups excluding carboxylic acids is 1. The van der Waals surface area contributed by atoms with Crippen LogP contribution in [0.2, 0.25) is 0 Å². The summed E-state index contributed by atoms with van der Waals surface area (Å²) >= 11 is 0. The maximum Gasteiger partial charge on any atom is 0.411 e. The van der Waals surface area contributed by atoms with Gasteiger partial charge in [-0.15, -0.1) is 0 Å². The van der Waals surface area contributed by atoms with Crippen molar-refractivity contribution in [3.8, 4) is 5.88 Å². The van der Waals surface area contributed by atoms with Crippen molar-refractivity contribution in [2.75, 3.05) is 0 Å². The van der Waals surface area contributed by atoms with Gasteiger partial charge in [0.15, 0.2) is 0 Å². The molecule has 0 fully saturated rings. The standard InChI is InChI=1S/C19H15N3O2/c20-19(23)24-17-13-16(11-12-21-17)22-18(14-7-3-1-4-8-14)15-9-5-2-6-10-15/h1-13H,(H2,20,23). The summed E-state index contributed by atoms with van der Waals surface area (Å²) in [5.41, 5.74) is 8.42. The van der Waals surface area contributed by atoms with Gasteiger partial charge in [-0.05, 0) is 6.07 Å². The van der Waals surface area contributed by atoms with Crippen LogP contribution in [0.25, 0.3) is 0 Å². The van der Waals surface area contributed by atoms with E-state index in [4.69, 9.17) is 15.5 Å². The average molecular weight is 317 g/mol. The lowest BCUT2D eigenvalue weighted by Crippen LogP contribution is -2.16. The number of primary amides is 1. The summed E-state index contributed by atoms with van der Waals surface area (Å²) in [7, 11) is 0. The molecule has 5 heteroatoms. The lowest BCUT2D eigenvalue weighted by atomic mass is 10.0.